The molecule has 0 rings (SSSR count). The maximum atomic E-state index is 13.1. The Kier molecular flexibility index (Phi) is 10.1. The van der Waals surface area contributed by atoms with Crippen molar-refractivity contribution >= 4 is 23.3 Å². The van der Waals surface area contributed by atoms with Crippen molar-refractivity contribution < 1.29 is 19.2 Å². The van der Waals surface area contributed by atoms with Gasteiger partial charge in [0.25, 0.3) is 0 Å². The van der Waals surface area contributed by atoms with Crippen LogP contribution in [0.2, 0.25) is 0 Å². The molecule has 0 bridgehead atoms. The van der Waals surface area contributed by atoms with Crippen molar-refractivity contribution in [1.82, 2.24) is 10.6 Å². The van der Waals surface area contributed by atoms with Gasteiger partial charge in [-0.25, -0.2) is 0 Å². The summed E-state index contributed by atoms with van der Waals surface area (Å²) in [7, 11) is 0. The van der Waals surface area contributed by atoms with Crippen molar-refractivity contribution in [2.24, 2.45) is 16.2 Å². The Hall–Kier alpha value is -1.56. The number of hydrogen-bond donors (Lipinski definition) is 2. The summed E-state index contributed by atoms with van der Waals surface area (Å²) < 4.78 is 0. The van der Waals surface area contributed by atoms with Crippen LogP contribution in [0.3, 0.4) is 0 Å². The number of ketones is 3. The molecule has 0 heterocycles. The summed E-state index contributed by atoms with van der Waals surface area (Å²) in [4.78, 5) is 51.0. The lowest BCUT2D eigenvalue weighted by Gasteiger charge is -2.29. The van der Waals surface area contributed by atoms with E-state index in [9.17, 15) is 19.2 Å². The van der Waals surface area contributed by atoms with E-state index in [2.05, 4.69) is 10.6 Å². The number of amides is 1. The van der Waals surface area contributed by atoms with Crippen molar-refractivity contribution in [2.45, 2.75) is 114 Å². The highest BCUT2D eigenvalue weighted by Crippen LogP contribution is 2.23. The highest BCUT2D eigenvalue weighted by atomic mass is 16.2. The number of hydrogen-bond acceptors (Lipinski definition) is 5. The molecule has 0 fully saturated rings. The molecule has 0 spiro atoms. The van der Waals surface area contributed by atoms with Gasteiger partial charge in [-0.15, -0.1) is 0 Å². The molecule has 0 aromatic heterocycles. The van der Waals surface area contributed by atoms with Gasteiger partial charge in [0, 0.05) is 35.1 Å². The molecular weight excluding hydrogens is 380 g/mol. The van der Waals surface area contributed by atoms with E-state index in [1.165, 1.54) is 0 Å². The maximum absolute atomic E-state index is 13.1. The molecule has 6 nitrogen and oxygen atoms in total. The number of carbonyl (C=O) groups excluding carboxylic acids is 4. The van der Waals surface area contributed by atoms with Crippen LogP contribution in [0.25, 0.3) is 0 Å². The fourth-order valence-corrected chi connectivity index (χ4v) is 2.84. The SMILES string of the molecule is CC(C)NC(CC(=O)C(C)(C)C)C(=O)NC(CCC(=O)C(C)(C)C)C(=O)C(C)(C)C. The lowest BCUT2D eigenvalue weighted by Crippen LogP contribution is -2.54. The lowest BCUT2D eigenvalue weighted by atomic mass is 9.82. The second kappa shape index (κ2) is 10.7. The molecule has 2 unspecified atom stereocenters. The molecule has 0 saturated carbocycles. The smallest absolute Gasteiger partial charge is 0.238 e. The summed E-state index contributed by atoms with van der Waals surface area (Å²) in [5.74, 6) is -0.490. The Morgan fingerprint density at radius 2 is 1.17 bits per heavy atom. The molecule has 0 aliphatic carbocycles. The third-order valence-corrected chi connectivity index (χ3v) is 4.95. The number of Topliss-reactive ketones (excluding diaryl/α,β-unsaturated/α-hetero) is 3. The third kappa shape index (κ3) is 9.96. The Balaban J connectivity index is 5.57. The minimum atomic E-state index is -0.773. The van der Waals surface area contributed by atoms with E-state index < -0.39 is 28.3 Å². The first kappa shape index (κ1) is 28.4. The Morgan fingerprint density at radius 3 is 1.53 bits per heavy atom. The van der Waals surface area contributed by atoms with Crippen molar-refractivity contribution in [1.29, 1.82) is 0 Å². The highest BCUT2D eigenvalue weighted by Gasteiger charge is 2.35. The largest absolute Gasteiger partial charge is 0.345 e. The van der Waals surface area contributed by atoms with Gasteiger partial charge in [-0.2, -0.15) is 0 Å². The molecule has 2 N–H and O–H groups in total. The van der Waals surface area contributed by atoms with E-state index in [1.807, 2.05) is 55.4 Å². The van der Waals surface area contributed by atoms with Crippen molar-refractivity contribution in [3.8, 4) is 0 Å². The zero-order valence-corrected chi connectivity index (χ0v) is 21.0. The van der Waals surface area contributed by atoms with Gasteiger partial charge in [-0.1, -0.05) is 76.2 Å². The molecule has 0 saturated heterocycles. The summed E-state index contributed by atoms with van der Waals surface area (Å²) in [5, 5.41) is 5.98. The zero-order chi connectivity index (χ0) is 24.1. The Labute approximate surface area is 183 Å². The molecule has 0 aromatic carbocycles. The van der Waals surface area contributed by atoms with E-state index in [4.69, 9.17) is 0 Å². The van der Waals surface area contributed by atoms with E-state index in [0.717, 1.165) is 0 Å². The average molecular weight is 425 g/mol. The Bertz CT molecular complexity index is 631. The summed E-state index contributed by atoms with van der Waals surface area (Å²) in [6, 6.07) is -1.51. The standard InChI is InChI=1S/C24H44N2O4/c1-15(2)25-17(14-19(28)23(6,7)8)21(30)26-16(20(29)24(9,10)11)12-13-18(27)22(3,4)5/h15-17,25H,12-14H2,1-11H3,(H,26,30). The van der Waals surface area contributed by atoms with Crippen LogP contribution in [0.1, 0.15) is 95.4 Å². The maximum Gasteiger partial charge on any atom is 0.238 e. The molecule has 0 aliphatic heterocycles. The molecule has 0 radical (unpaired) electrons. The van der Waals surface area contributed by atoms with Gasteiger partial charge in [0.1, 0.15) is 11.6 Å². The Morgan fingerprint density at radius 1 is 0.700 bits per heavy atom. The first-order valence-electron chi connectivity index (χ1n) is 10.9. The molecule has 6 heteroatoms. The number of carbonyl (C=O) groups is 4. The summed E-state index contributed by atoms with van der Waals surface area (Å²) in [6.07, 6.45) is 0.504. The lowest BCUT2D eigenvalue weighted by molar-refractivity contribution is -0.135. The molecule has 30 heavy (non-hydrogen) atoms. The molecular formula is C24H44N2O4. The van der Waals surface area contributed by atoms with Crippen LogP contribution in [-0.2, 0) is 19.2 Å². The second-order valence-corrected chi connectivity index (χ2v) is 11.6. The van der Waals surface area contributed by atoms with Crippen LogP contribution in [0.5, 0.6) is 0 Å². The van der Waals surface area contributed by atoms with Gasteiger partial charge in [0.05, 0.1) is 12.1 Å². The monoisotopic (exact) mass is 424 g/mol. The summed E-state index contributed by atoms with van der Waals surface area (Å²) in [5.41, 5.74) is -1.72. The normalized spacial score (nSPS) is 14.9. The zero-order valence-electron chi connectivity index (χ0n) is 21.0. The third-order valence-electron chi connectivity index (χ3n) is 4.95. The fourth-order valence-electron chi connectivity index (χ4n) is 2.84. The summed E-state index contributed by atoms with van der Waals surface area (Å²) in [6.45, 7) is 20.2. The van der Waals surface area contributed by atoms with Gasteiger partial charge in [-0.3, -0.25) is 19.2 Å². The van der Waals surface area contributed by atoms with Gasteiger partial charge < -0.3 is 10.6 Å². The highest BCUT2D eigenvalue weighted by molar-refractivity contribution is 5.96. The van der Waals surface area contributed by atoms with Gasteiger partial charge in [0.2, 0.25) is 5.91 Å². The summed E-state index contributed by atoms with van der Waals surface area (Å²) >= 11 is 0. The number of nitrogens with one attached hydrogen (secondary N) is 2. The van der Waals surface area contributed by atoms with Gasteiger partial charge in [0.15, 0.2) is 5.78 Å². The predicted molar refractivity (Wildman–Crippen MR) is 121 cm³/mol. The van der Waals surface area contributed by atoms with Crippen LogP contribution in [0.4, 0.5) is 0 Å². The van der Waals surface area contributed by atoms with Crippen molar-refractivity contribution in [3.63, 3.8) is 0 Å². The average Bonchev–Trinajstić information content (AvgIpc) is 2.53. The van der Waals surface area contributed by atoms with Gasteiger partial charge >= 0.3 is 0 Å². The number of rotatable bonds is 10. The first-order valence-corrected chi connectivity index (χ1v) is 10.9. The van der Waals surface area contributed by atoms with Gasteiger partial charge in [-0.05, 0) is 6.42 Å². The molecule has 0 aromatic rings. The van der Waals surface area contributed by atoms with Crippen LogP contribution < -0.4 is 10.6 Å². The van der Waals surface area contributed by atoms with Crippen LogP contribution in [0, 0.1) is 16.2 Å². The minimum absolute atomic E-state index is 0.00671. The van der Waals surface area contributed by atoms with Crippen LogP contribution in [-0.4, -0.2) is 41.4 Å². The van der Waals surface area contributed by atoms with E-state index in [0.29, 0.717) is 0 Å². The van der Waals surface area contributed by atoms with E-state index in [-0.39, 0.29) is 48.6 Å². The quantitative estimate of drug-likeness (QED) is 0.556. The molecule has 1 amide bonds. The second-order valence-electron chi connectivity index (χ2n) is 11.6. The minimum Gasteiger partial charge on any atom is -0.345 e. The topological polar surface area (TPSA) is 92.3 Å². The molecule has 0 aliphatic rings. The van der Waals surface area contributed by atoms with Crippen molar-refractivity contribution in [2.75, 3.05) is 0 Å². The van der Waals surface area contributed by atoms with E-state index >= 15 is 0 Å². The molecule has 174 valence electrons. The molecule has 2 atom stereocenters. The van der Waals surface area contributed by atoms with Crippen LogP contribution in [0.15, 0.2) is 0 Å². The van der Waals surface area contributed by atoms with E-state index in [1.54, 1.807) is 20.8 Å². The first-order chi connectivity index (χ1) is 13.3. The van der Waals surface area contributed by atoms with Crippen LogP contribution >= 0.6 is 0 Å². The predicted octanol–water partition coefficient (Wildman–Crippen LogP) is 3.85. The van der Waals surface area contributed by atoms with Crippen molar-refractivity contribution in [3.05, 3.63) is 0 Å². The fraction of sp³-hybridized carbons (Fsp3) is 0.833.